The summed E-state index contributed by atoms with van der Waals surface area (Å²) in [6.45, 7) is 1.19. The largest absolute Gasteiger partial charge is 0.345 e. The first-order chi connectivity index (χ1) is 14.8. The molecule has 2 aliphatic heterocycles. The lowest BCUT2D eigenvalue weighted by atomic mass is 10.2. The van der Waals surface area contributed by atoms with Gasteiger partial charge in [-0.05, 0) is 36.6 Å². The van der Waals surface area contributed by atoms with Gasteiger partial charge < -0.3 is 9.88 Å². The van der Waals surface area contributed by atoms with Crippen LogP contribution in [0.5, 0.6) is 0 Å². The topological polar surface area (TPSA) is 109 Å². The second-order valence-corrected chi connectivity index (χ2v) is 10.3. The van der Waals surface area contributed by atoms with Crippen LogP contribution in [0.3, 0.4) is 0 Å². The normalized spacial score (nSPS) is 17.5. The van der Waals surface area contributed by atoms with Gasteiger partial charge in [0.2, 0.25) is 15.9 Å². The first-order valence-corrected chi connectivity index (χ1v) is 12.2. The number of anilines is 1. The first-order valence-electron chi connectivity index (χ1n) is 9.79. The number of aryl methyl sites for hydroxylation is 1. The van der Waals surface area contributed by atoms with Crippen molar-refractivity contribution in [2.24, 2.45) is 7.05 Å². The molecule has 0 spiro atoms. The van der Waals surface area contributed by atoms with Crippen molar-refractivity contribution >= 4 is 44.5 Å². The maximum Gasteiger partial charge on any atom is 0.289 e. The maximum absolute atomic E-state index is 12.7. The molecule has 2 aromatic rings. The van der Waals surface area contributed by atoms with Crippen LogP contribution >= 0.6 is 11.8 Å². The molecule has 2 saturated heterocycles. The van der Waals surface area contributed by atoms with Gasteiger partial charge in [-0.3, -0.25) is 19.3 Å². The van der Waals surface area contributed by atoms with Crippen LogP contribution in [0, 0.1) is 0 Å². The number of benzene rings is 1. The summed E-state index contributed by atoms with van der Waals surface area (Å²) in [5, 5.41) is 2.49. The predicted octanol–water partition coefficient (Wildman–Crippen LogP) is 2.26. The molecule has 1 aromatic carbocycles. The van der Waals surface area contributed by atoms with E-state index in [4.69, 9.17) is 0 Å². The Hall–Kier alpha value is -2.63. The quantitative estimate of drug-likeness (QED) is 0.705. The van der Waals surface area contributed by atoms with Gasteiger partial charge in [-0.2, -0.15) is 4.31 Å². The van der Waals surface area contributed by atoms with E-state index < -0.39 is 15.9 Å². The number of thioether (sulfide) groups is 1. The van der Waals surface area contributed by atoms with Crippen LogP contribution < -0.4 is 5.32 Å². The summed E-state index contributed by atoms with van der Waals surface area (Å²) in [5.74, 6) is -0.478. The molecule has 3 amide bonds. The molecule has 0 unspecified atom stereocenters. The molecule has 0 bridgehead atoms. The number of nitrogens with one attached hydrogen (secondary N) is 1. The van der Waals surface area contributed by atoms with Crippen LogP contribution in [0.1, 0.15) is 28.9 Å². The lowest BCUT2D eigenvalue weighted by molar-refractivity contribution is -0.125. The van der Waals surface area contributed by atoms with Crippen molar-refractivity contribution in [2.45, 2.75) is 24.3 Å². The van der Waals surface area contributed by atoms with Crippen molar-refractivity contribution in [3.05, 3.63) is 47.8 Å². The van der Waals surface area contributed by atoms with E-state index >= 15 is 0 Å². The Balaban J connectivity index is 1.44. The molecule has 31 heavy (non-hydrogen) atoms. The molecule has 0 atom stereocenters. The number of hydrogen-bond donors (Lipinski definition) is 1. The highest BCUT2D eigenvalue weighted by molar-refractivity contribution is 8.14. The summed E-state index contributed by atoms with van der Waals surface area (Å²) >= 11 is 0.987. The Bertz CT molecular complexity index is 1120. The number of nitrogens with zero attached hydrogens (tertiary/aromatic N) is 3. The van der Waals surface area contributed by atoms with Crippen molar-refractivity contribution in [3.63, 3.8) is 0 Å². The molecule has 11 heteroatoms. The fourth-order valence-corrected chi connectivity index (χ4v) is 5.90. The summed E-state index contributed by atoms with van der Waals surface area (Å²) in [6.07, 6.45) is 3.14. The number of aromatic nitrogens is 1. The number of hydrogen-bond acceptors (Lipinski definition) is 6. The van der Waals surface area contributed by atoms with E-state index in [-0.39, 0.29) is 34.0 Å². The SMILES string of the molecule is Cn1cc(S(=O)(=O)N2CCCC2)cc1C(=O)Nc1ccc(CN2C(=O)CSC2=O)cc1. The number of rotatable bonds is 6. The zero-order chi connectivity index (χ0) is 22.2. The Morgan fingerprint density at radius 2 is 1.81 bits per heavy atom. The van der Waals surface area contributed by atoms with E-state index in [9.17, 15) is 22.8 Å². The fourth-order valence-electron chi connectivity index (χ4n) is 3.58. The summed E-state index contributed by atoms with van der Waals surface area (Å²) in [4.78, 5) is 37.4. The standard InChI is InChI=1S/C20H22N4O5S2/c1-22-12-16(31(28,29)23-8-2-3-9-23)10-17(22)19(26)21-15-6-4-14(5-7-15)11-24-18(25)13-30-20(24)27/h4-7,10,12H,2-3,8-9,11,13H2,1H3,(H,21,26). The van der Waals surface area contributed by atoms with Crippen molar-refractivity contribution in [2.75, 3.05) is 24.2 Å². The zero-order valence-corrected chi connectivity index (χ0v) is 18.5. The second-order valence-electron chi connectivity index (χ2n) is 7.47. The van der Waals surface area contributed by atoms with Crippen LogP contribution in [0.4, 0.5) is 10.5 Å². The minimum Gasteiger partial charge on any atom is -0.345 e. The van der Waals surface area contributed by atoms with Gasteiger partial charge in [0.25, 0.3) is 11.1 Å². The van der Waals surface area contributed by atoms with Gasteiger partial charge in [0.05, 0.1) is 12.3 Å². The van der Waals surface area contributed by atoms with Crippen LogP contribution in [0.2, 0.25) is 0 Å². The summed E-state index contributed by atoms with van der Waals surface area (Å²) in [5.41, 5.74) is 1.51. The highest BCUT2D eigenvalue weighted by Crippen LogP contribution is 2.24. The van der Waals surface area contributed by atoms with Crippen molar-refractivity contribution in [3.8, 4) is 0 Å². The maximum atomic E-state index is 12.7. The molecule has 164 valence electrons. The van der Waals surface area contributed by atoms with Crippen LogP contribution in [0.15, 0.2) is 41.4 Å². The first kappa shape index (κ1) is 21.6. The minimum atomic E-state index is -3.60. The van der Waals surface area contributed by atoms with Gasteiger partial charge in [-0.15, -0.1) is 0 Å². The average molecular weight is 463 g/mol. The third kappa shape index (κ3) is 4.39. The van der Waals surface area contributed by atoms with Crippen LogP contribution in [0.25, 0.3) is 0 Å². The van der Waals surface area contributed by atoms with Crippen molar-refractivity contribution in [1.82, 2.24) is 13.8 Å². The Morgan fingerprint density at radius 3 is 2.42 bits per heavy atom. The van der Waals surface area contributed by atoms with Crippen LogP contribution in [-0.2, 0) is 28.4 Å². The number of carbonyl (C=O) groups excluding carboxylic acids is 3. The fraction of sp³-hybridized carbons (Fsp3) is 0.350. The van der Waals surface area contributed by atoms with E-state index in [0.717, 1.165) is 30.2 Å². The van der Waals surface area contributed by atoms with Gasteiger partial charge in [-0.25, -0.2) is 8.42 Å². The number of sulfonamides is 1. The van der Waals surface area contributed by atoms with E-state index in [1.54, 1.807) is 31.3 Å². The zero-order valence-electron chi connectivity index (χ0n) is 16.9. The summed E-state index contributed by atoms with van der Waals surface area (Å²) in [6, 6.07) is 8.20. The molecule has 0 aliphatic carbocycles. The lowest BCUT2D eigenvalue weighted by Crippen LogP contribution is -2.27. The highest BCUT2D eigenvalue weighted by atomic mass is 32.2. The number of imide groups is 1. The predicted molar refractivity (Wildman–Crippen MR) is 116 cm³/mol. The number of carbonyl (C=O) groups is 3. The molecule has 9 nitrogen and oxygen atoms in total. The third-order valence-corrected chi connectivity index (χ3v) is 8.03. The average Bonchev–Trinajstić information content (AvgIpc) is 3.47. The van der Waals surface area contributed by atoms with Gasteiger partial charge in [-0.1, -0.05) is 23.9 Å². The number of amides is 3. The van der Waals surface area contributed by atoms with E-state index in [2.05, 4.69) is 5.32 Å². The monoisotopic (exact) mass is 462 g/mol. The van der Waals surface area contributed by atoms with Crippen molar-refractivity contribution in [1.29, 1.82) is 0 Å². The third-order valence-electron chi connectivity index (χ3n) is 5.31. The lowest BCUT2D eigenvalue weighted by Gasteiger charge is -2.13. The van der Waals surface area contributed by atoms with Crippen LogP contribution in [-0.4, -0.2) is 58.1 Å². The Morgan fingerprint density at radius 1 is 1.13 bits per heavy atom. The molecule has 2 fully saturated rings. The van der Waals surface area contributed by atoms with E-state index in [0.29, 0.717) is 18.8 Å². The molecule has 4 rings (SSSR count). The van der Waals surface area contributed by atoms with Gasteiger partial charge in [0.1, 0.15) is 10.6 Å². The van der Waals surface area contributed by atoms with Gasteiger partial charge in [0, 0.05) is 32.0 Å². The van der Waals surface area contributed by atoms with Gasteiger partial charge in [0.15, 0.2) is 0 Å². The van der Waals surface area contributed by atoms with Gasteiger partial charge >= 0.3 is 0 Å². The molecular formula is C20H22N4O5S2. The van der Waals surface area contributed by atoms with E-state index in [1.807, 2.05) is 0 Å². The Kier molecular flexibility index (Phi) is 5.91. The second kappa shape index (κ2) is 8.48. The summed E-state index contributed by atoms with van der Waals surface area (Å²) in [7, 11) is -1.97. The highest BCUT2D eigenvalue weighted by Gasteiger charge is 2.30. The molecular weight excluding hydrogens is 440 g/mol. The Labute approximate surface area is 184 Å². The molecule has 1 N–H and O–H groups in total. The molecule has 1 aromatic heterocycles. The smallest absolute Gasteiger partial charge is 0.289 e. The molecule has 2 aliphatic rings. The minimum absolute atomic E-state index is 0.107. The molecule has 3 heterocycles. The van der Waals surface area contributed by atoms with Crippen molar-refractivity contribution < 1.29 is 22.8 Å². The van der Waals surface area contributed by atoms with E-state index in [1.165, 1.54) is 26.0 Å². The molecule has 0 saturated carbocycles. The molecule has 0 radical (unpaired) electrons. The summed E-state index contributed by atoms with van der Waals surface area (Å²) < 4.78 is 28.4.